The third-order valence-corrected chi connectivity index (χ3v) is 5.34. The first kappa shape index (κ1) is 21.2. The monoisotopic (exact) mass is 421 g/mol. The zero-order chi connectivity index (χ0) is 21.5. The van der Waals surface area contributed by atoms with Gasteiger partial charge in [-0.05, 0) is 30.5 Å². The first-order valence-electron chi connectivity index (χ1n) is 10.6. The summed E-state index contributed by atoms with van der Waals surface area (Å²) >= 11 is 0. The van der Waals surface area contributed by atoms with Crippen LogP contribution in [0.3, 0.4) is 0 Å². The van der Waals surface area contributed by atoms with Crippen molar-refractivity contribution in [3.8, 4) is 0 Å². The Bertz CT molecular complexity index is 1030. The van der Waals surface area contributed by atoms with Gasteiger partial charge in [0.2, 0.25) is 6.29 Å². The number of aliphatic hydroxyl groups is 1. The van der Waals surface area contributed by atoms with Crippen LogP contribution in [-0.4, -0.2) is 30.5 Å². The Morgan fingerprint density at radius 3 is 2.74 bits per heavy atom. The van der Waals surface area contributed by atoms with Gasteiger partial charge in [0.25, 0.3) is 5.91 Å². The molecule has 2 aromatic carbocycles. The summed E-state index contributed by atoms with van der Waals surface area (Å²) in [6.45, 7) is 1.01. The number of aliphatic hydroxyl groups excluding tert-OH is 1. The van der Waals surface area contributed by atoms with E-state index in [9.17, 15) is 4.79 Å². The van der Waals surface area contributed by atoms with E-state index in [0.29, 0.717) is 26.0 Å². The molecule has 1 aliphatic rings. The summed E-state index contributed by atoms with van der Waals surface area (Å²) in [5.74, 6) is -0.0901. The second-order valence-corrected chi connectivity index (χ2v) is 7.58. The number of ether oxygens (including phenoxy) is 2. The van der Waals surface area contributed by atoms with Gasteiger partial charge >= 0.3 is 0 Å². The third-order valence-electron chi connectivity index (χ3n) is 5.34. The molecule has 4 rings (SSSR count). The fraction of sp³-hybridized carbons (Fsp3) is 0.320. The van der Waals surface area contributed by atoms with E-state index in [1.54, 1.807) is 6.26 Å². The van der Waals surface area contributed by atoms with Gasteiger partial charge in [-0.15, -0.1) is 0 Å². The maximum absolute atomic E-state index is 12.9. The lowest BCUT2D eigenvalue weighted by Gasteiger charge is -2.29. The highest BCUT2D eigenvalue weighted by Gasteiger charge is 2.30. The Balaban J connectivity index is 1.52. The lowest BCUT2D eigenvalue weighted by atomic mass is 9.92. The molecule has 1 amide bonds. The average molecular weight is 421 g/mol. The second kappa shape index (κ2) is 10.3. The van der Waals surface area contributed by atoms with Crippen LogP contribution < -0.4 is 5.32 Å². The van der Waals surface area contributed by atoms with Gasteiger partial charge in [-0.2, -0.15) is 0 Å². The number of benzene rings is 2. The maximum atomic E-state index is 12.9. The van der Waals surface area contributed by atoms with E-state index in [4.69, 9.17) is 19.0 Å². The van der Waals surface area contributed by atoms with E-state index in [2.05, 4.69) is 5.32 Å². The standard InChI is InChI=1S/C25H27NO5/c27-12-6-7-13-29-24-15-19(21-17-30-22-11-5-4-10-20(21)22)14-23(31-24)25(28)26-16-18-8-2-1-3-9-18/h1-5,8-11,14,17,19,24,27H,6-7,12-13,15-16H2,(H,26,28)/t19-,24+/m0/s1. The molecule has 1 aliphatic heterocycles. The second-order valence-electron chi connectivity index (χ2n) is 7.58. The zero-order valence-electron chi connectivity index (χ0n) is 17.3. The van der Waals surface area contributed by atoms with E-state index in [1.807, 2.05) is 60.7 Å². The number of rotatable bonds is 9. The van der Waals surface area contributed by atoms with E-state index in [1.165, 1.54) is 0 Å². The number of para-hydroxylation sites is 1. The Labute approximate surface area is 181 Å². The van der Waals surface area contributed by atoms with Gasteiger partial charge in [-0.3, -0.25) is 4.79 Å². The molecular formula is C25H27NO5. The van der Waals surface area contributed by atoms with Crippen molar-refractivity contribution in [1.29, 1.82) is 0 Å². The van der Waals surface area contributed by atoms with E-state index in [-0.39, 0.29) is 24.2 Å². The number of carbonyl (C=O) groups excluding carboxylic acids is 1. The lowest BCUT2D eigenvalue weighted by molar-refractivity contribution is -0.146. The lowest BCUT2D eigenvalue weighted by Crippen LogP contribution is -2.32. The van der Waals surface area contributed by atoms with Gasteiger partial charge in [0.1, 0.15) is 5.58 Å². The van der Waals surface area contributed by atoms with Crippen molar-refractivity contribution in [2.45, 2.75) is 38.0 Å². The number of hydrogen-bond acceptors (Lipinski definition) is 5. The van der Waals surface area contributed by atoms with Crippen molar-refractivity contribution >= 4 is 16.9 Å². The predicted octanol–water partition coefficient (Wildman–Crippen LogP) is 4.25. The number of allylic oxidation sites excluding steroid dienone is 1. The predicted molar refractivity (Wildman–Crippen MR) is 117 cm³/mol. The molecule has 0 saturated heterocycles. The quantitative estimate of drug-likeness (QED) is 0.505. The van der Waals surface area contributed by atoms with Crippen molar-refractivity contribution in [3.05, 3.63) is 83.8 Å². The van der Waals surface area contributed by atoms with Gasteiger partial charge < -0.3 is 24.3 Å². The fourth-order valence-electron chi connectivity index (χ4n) is 3.71. The van der Waals surface area contributed by atoms with Crippen LogP contribution in [0.1, 0.15) is 36.3 Å². The van der Waals surface area contributed by atoms with Crippen LogP contribution in [0.15, 0.2) is 77.1 Å². The van der Waals surface area contributed by atoms with Gasteiger partial charge in [0.15, 0.2) is 5.76 Å². The zero-order valence-corrected chi connectivity index (χ0v) is 17.3. The highest BCUT2D eigenvalue weighted by molar-refractivity contribution is 5.92. The third kappa shape index (κ3) is 5.34. The van der Waals surface area contributed by atoms with Crippen LogP contribution in [0.2, 0.25) is 0 Å². The van der Waals surface area contributed by atoms with Crippen LogP contribution in [-0.2, 0) is 20.8 Å². The number of nitrogens with one attached hydrogen (secondary N) is 1. The highest BCUT2D eigenvalue weighted by Crippen LogP contribution is 2.36. The molecule has 6 nitrogen and oxygen atoms in total. The molecule has 31 heavy (non-hydrogen) atoms. The van der Waals surface area contributed by atoms with Gasteiger partial charge in [-0.25, -0.2) is 0 Å². The minimum atomic E-state index is -0.542. The molecule has 2 atom stereocenters. The van der Waals surface area contributed by atoms with Crippen molar-refractivity contribution in [3.63, 3.8) is 0 Å². The Hall–Kier alpha value is -3.09. The summed E-state index contributed by atoms with van der Waals surface area (Å²) in [7, 11) is 0. The van der Waals surface area contributed by atoms with E-state index >= 15 is 0 Å². The molecule has 6 heteroatoms. The summed E-state index contributed by atoms with van der Waals surface area (Å²) in [6.07, 6.45) is 5.04. The van der Waals surface area contributed by atoms with Crippen molar-refractivity contribution in [2.75, 3.05) is 13.2 Å². The summed E-state index contributed by atoms with van der Waals surface area (Å²) in [5, 5.41) is 12.9. The maximum Gasteiger partial charge on any atom is 0.286 e. The molecule has 0 spiro atoms. The van der Waals surface area contributed by atoms with Gasteiger partial charge in [-0.1, -0.05) is 48.5 Å². The molecule has 0 radical (unpaired) electrons. The molecule has 3 aromatic rings. The normalized spacial score (nSPS) is 18.4. The smallest absolute Gasteiger partial charge is 0.286 e. The van der Waals surface area contributed by atoms with E-state index in [0.717, 1.165) is 28.5 Å². The number of unbranched alkanes of at least 4 members (excludes halogenated alkanes) is 1. The molecule has 0 unspecified atom stereocenters. The number of carbonyl (C=O) groups is 1. The van der Waals surface area contributed by atoms with Crippen LogP contribution in [0.4, 0.5) is 0 Å². The molecule has 0 aliphatic carbocycles. The first-order chi connectivity index (χ1) is 15.2. The van der Waals surface area contributed by atoms with Crippen molar-refractivity contribution in [2.24, 2.45) is 0 Å². The minimum Gasteiger partial charge on any atom is -0.464 e. The van der Waals surface area contributed by atoms with Crippen molar-refractivity contribution < 1.29 is 23.8 Å². The Kier molecular flexibility index (Phi) is 7.02. The van der Waals surface area contributed by atoms with Crippen LogP contribution in [0.25, 0.3) is 11.0 Å². The minimum absolute atomic E-state index is 0.0716. The molecule has 162 valence electrons. The van der Waals surface area contributed by atoms with Gasteiger partial charge in [0.05, 0.1) is 12.9 Å². The molecule has 0 fully saturated rings. The van der Waals surface area contributed by atoms with Crippen LogP contribution in [0.5, 0.6) is 0 Å². The van der Waals surface area contributed by atoms with Gasteiger partial charge in [0, 0.05) is 36.4 Å². The molecule has 1 aromatic heterocycles. The molecule has 0 saturated carbocycles. The molecule has 0 bridgehead atoms. The largest absolute Gasteiger partial charge is 0.464 e. The summed E-state index contributed by atoms with van der Waals surface area (Å²) in [6, 6.07) is 17.6. The molecular weight excluding hydrogens is 394 g/mol. The number of furan rings is 1. The van der Waals surface area contributed by atoms with Crippen LogP contribution in [0, 0.1) is 0 Å². The number of amides is 1. The topological polar surface area (TPSA) is 80.9 Å². The summed E-state index contributed by atoms with van der Waals surface area (Å²) in [4.78, 5) is 12.9. The highest BCUT2D eigenvalue weighted by atomic mass is 16.7. The molecule has 2 N–H and O–H groups in total. The summed E-state index contributed by atoms with van der Waals surface area (Å²) < 4.78 is 17.5. The fourth-order valence-corrected chi connectivity index (χ4v) is 3.71. The summed E-state index contributed by atoms with van der Waals surface area (Å²) in [5.41, 5.74) is 2.84. The first-order valence-corrected chi connectivity index (χ1v) is 10.6. The Morgan fingerprint density at radius 1 is 1.10 bits per heavy atom. The Morgan fingerprint density at radius 2 is 1.90 bits per heavy atom. The SMILES string of the molecule is O=C(NCc1ccccc1)C1=C[C@H](c2coc3ccccc23)C[C@H](OCCCCO)O1. The number of hydrogen-bond donors (Lipinski definition) is 2. The average Bonchev–Trinajstić information content (AvgIpc) is 3.25. The van der Waals surface area contributed by atoms with Crippen LogP contribution >= 0.6 is 0 Å². The number of fused-ring (bicyclic) bond motifs is 1. The molecule has 2 heterocycles. The van der Waals surface area contributed by atoms with Crippen molar-refractivity contribution in [1.82, 2.24) is 5.32 Å². The van der Waals surface area contributed by atoms with E-state index < -0.39 is 6.29 Å².